The highest BCUT2D eigenvalue weighted by molar-refractivity contribution is 5.96. The number of amides is 4. The molecular weight excluding hydrogens is 617 g/mol. The first-order chi connectivity index (χ1) is 21.9. The number of carbonyl (C=O) groups is 5. The predicted molar refractivity (Wildman–Crippen MR) is 153 cm³/mol. The van der Waals surface area contributed by atoms with E-state index in [0.717, 1.165) is 4.90 Å². The maximum absolute atomic E-state index is 13.4. The van der Waals surface area contributed by atoms with Crippen LogP contribution in [0.3, 0.4) is 0 Å². The quantitative estimate of drug-likeness (QED) is 0.370. The number of nitrogens with zero attached hydrogens (tertiary/aromatic N) is 5. The number of piperazine rings is 1. The highest BCUT2D eigenvalue weighted by Gasteiger charge is 2.47. The van der Waals surface area contributed by atoms with E-state index >= 15 is 0 Å². The van der Waals surface area contributed by atoms with Crippen LogP contribution in [0.4, 0.5) is 18.0 Å². The molecule has 2 atom stereocenters. The van der Waals surface area contributed by atoms with Gasteiger partial charge in [0.1, 0.15) is 12.1 Å². The number of benzene rings is 1. The molecule has 2 fully saturated rings. The van der Waals surface area contributed by atoms with E-state index in [2.05, 4.69) is 10.4 Å². The third kappa shape index (κ3) is 8.45. The number of hydrogen-bond acceptors (Lipinski definition) is 8. The van der Waals surface area contributed by atoms with Crippen molar-refractivity contribution in [2.75, 3.05) is 45.9 Å². The van der Waals surface area contributed by atoms with Crippen LogP contribution >= 0.6 is 0 Å². The second-order valence-electron chi connectivity index (χ2n) is 10.7. The highest BCUT2D eigenvalue weighted by Crippen LogP contribution is 2.32. The zero-order chi connectivity index (χ0) is 33.4. The number of aromatic nitrogens is 2. The smallest absolute Gasteiger partial charge is 0.409 e. The van der Waals surface area contributed by atoms with Crippen LogP contribution in [0.2, 0.25) is 0 Å². The molecule has 17 heteroatoms. The molecule has 0 aliphatic carbocycles. The minimum Gasteiger partial charge on any atom is -0.481 e. The molecule has 2 N–H and O–H groups in total. The lowest BCUT2D eigenvalue weighted by Gasteiger charge is -2.35. The second-order valence-corrected chi connectivity index (χ2v) is 10.7. The molecule has 3 heterocycles. The van der Waals surface area contributed by atoms with Crippen LogP contribution in [0.15, 0.2) is 36.4 Å². The lowest BCUT2D eigenvalue weighted by Crippen LogP contribution is -2.56. The standard InChI is InChI=1S/C29H35F3N6O8/c1-2-45-28(44)36-15-13-35(14-16-36)27(43)20(10-11-25(40)41)33-26(42)21-17-24(38(34-21)19-7-4-3-5-8-19)46-18-23(39)37-12-6-9-22(37)29(30,31)32/h3-5,7-8,17,20,22H,2,6,9-16,18H2,1H3,(H,33,42)(H,40,41)/t20-,22-/m0/s1. The van der Waals surface area contributed by atoms with E-state index in [4.69, 9.17) is 9.47 Å². The van der Waals surface area contributed by atoms with E-state index in [1.807, 2.05) is 0 Å². The van der Waals surface area contributed by atoms with Gasteiger partial charge in [0.15, 0.2) is 12.3 Å². The normalized spacial score (nSPS) is 17.4. The molecule has 2 saturated heterocycles. The van der Waals surface area contributed by atoms with Crippen LogP contribution in [-0.4, -0.2) is 124 Å². The fourth-order valence-electron chi connectivity index (χ4n) is 5.26. The van der Waals surface area contributed by atoms with E-state index in [9.17, 15) is 42.3 Å². The highest BCUT2D eigenvalue weighted by atomic mass is 19.4. The van der Waals surface area contributed by atoms with Crippen LogP contribution in [0, 0.1) is 0 Å². The number of nitrogens with one attached hydrogen (secondary N) is 1. The number of hydrogen-bond donors (Lipinski definition) is 2. The number of carbonyl (C=O) groups excluding carboxylic acids is 4. The molecule has 2 aromatic rings. The number of alkyl halides is 3. The summed E-state index contributed by atoms with van der Waals surface area (Å²) in [7, 11) is 0. The Morgan fingerprint density at radius 1 is 1.04 bits per heavy atom. The van der Waals surface area contributed by atoms with Gasteiger partial charge in [0.2, 0.25) is 11.8 Å². The molecule has 0 spiro atoms. The molecule has 0 unspecified atom stereocenters. The van der Waals surface area contributed by atoms with Gasteiger partial charge in [0.25, 0.3) is 11.8 Å². The summed E-state index contributed by atoms with van der Waals surface area (Å²) in [5, 5.41) is 16.0. The zero-order valence-electron chi connectivity index (χ0n) is 25.1. The summed E-state index contributed by atoms with van der Waals surface area (Å²) < 4.78 is 52.0. The lowest BCUT2D eigenvalue weighted by atomic mass is 10.1. The van der Waals surface area contributed by atoms with Gasteiger partial charge < -0.3 is 34.6 Å². The molecule has 46 heavy (non-hydrogen) atoms. The number of carboxylic acids is 1. The van der Waals surface area contributed by atoms with Gasteiger partial charge in [0.05, 0.1) is 12.3 Å². The summed E-state index contributed by atoms with van der Waals surface area (Å²) in [4.78, 5) is 66.4. The predicted octanol–water partition coefficient (Wildman–Crippen LogP) is 2.07. The van der Waals surface area contributed by atoms with Gasteiger partial charge in [0, 0.05) is 45.2 Å². The van der Waals surface area contributed by atoms with Crippen LogP contribution in [0.1, 0.15) is 43.1 Å². The Bertz CT molecular complexity index is 1410. The minimum absolute atomic E-state index is 0.0678. The van der Waals surface area contributed by atoms with Crippen molar-refractivity contribution in [3.05, 3.63) is 42.1 Å². The maximum atomic E-state index is 13.4. The summed E-state index contributed by atoms with van der Waals surface area (Å²) in [6.45, 7) is 1.70. The van der Waals surface area contributed by atoms with Gasteiger partial charge in [-0.05, 0) is 38.3 Å². The largest absolute Gasteiger partial charge is 0.481 e. The van der Waals surface area contributed by atoms with Crippen LogP contribution < -0.4 is 10.1 Å². The Morgan fingerprint density at radius 2 is 1.72 bits per heavy atom. The van der Waals surface area contributed by atoms with Crippen molar-refractivity contribution < 1.29 is 51.7 Å². The van der Waals surface area contributed by atoms with Crippen molar-refractivity contribution in [1.29, 1.82) is 0 Å². The first kappa shape index (κ1) is 34.1. The summed E-state index contributed by atoms with van der Waals surface area (Å²) in [5.41, 5.74) is 0.164. The van der Waals surface area contributed by atoms with E-state index in [1.54, 1.807) is 37.3 Å². The molecule has 250 valence electrons. The lowest BCUT2D eigenvalue weighted by molar-refractivity contribution is -0.183. The maximum Gasteiger partial charge on any atom is 0.409 e. The van der Waals surface area contributed by atoms with Crippen LogP contribution in [0.5, 0.6) is 5.88 Å². The van der Waals surface area contributed by atoms with Crippen molar-refractivity contribution in [2.45, 2.75) is 50.9 Å². The molecule has 1 aromatic heterocycles. The molecule has 0 saturated carbocycles. The Kier molecular flexibility index (Phi) is 11.1. The van der Waals surface area contributed by atoms with Gasteiger partial charge in [-0.25, -0.2) is 9.48 Å². The fourth-order valence-corrected chi connectivity index (χ4v) is 5.26. The number of rotatable bonds is 11. The summed E-state index contributed by atoms with van der Waals surface area (Å²) in [5.74, 6) is -3.58. The van der Waals surface area contributed by atoms with E-state index in [-0.39, 0.29) is 70.2 Å². The van der Waals surface area contributed by atoms with Crippen molar-refractivity contribution in [3.8, 4) is 11.6 Å². The Labute approximate surface area is 262 Å². The summed E-state index contributed by atoms with van der Waals surface area (Å²) in [6, 6.07) is 6.34. The summed E-state index contributed by atoms with van der Waals surface area (Å²) >= 11 is 0. The van der Waals surface area contributed by atoms with Crippen molar-refractivity contribution in [2.24, 2.45) is 0 Å². The average Bonchev–Trinajstić information content (AvgIpc) is 3.71. The Morgan fingerprint density at radius 3 is 2.35 bits per heavy atom. The Hall–Kier alpha value is -4.83. The van der Waals surface area contributed by atoms with E-state index < -0.39 is 61.1 Å². The topological polar surface area (TPSA) is 164 Å². The molecule has 2 aliphatic heterocycles. The number of likely N-dealkylation sites (tertiary alicyclic amines) is 1. The molecular formula is C29H35F3N6O8. The molecule has 1 aromatic carbocycles. The SMILES string of the molecule is CCOC(=O)N1CCN(C(=O)[C@H](CCC(=O)O)NC(=O)c2cc(OCC(=O)N3CCC[C@H]3C(F)(F)F)n(-c3ccccc3)n2)CC1. The molecule has 0 bridgehead atoms. The second kappa shape index (κ2) is 15.0. The average molecular weight is 653 g/mol. The number of aliphatic carboxylic acids is 1. The van der Waals surface area contributed by atoms with Gasteiger partial charge >= 0.3 is 18.2 Å². The van der Waals surface area contributed by atoms with Gasteiger partial charge in [-0.1, -0.05) is 18.2 Å². The number of ether oxygens (including phenoxy) is 2. The molecule has 4 rings (SSSR count). The summed E-state index contributed by atoms with van der Waals surface area (Å²) in [6.07, 6.45) is -5.75. The van der Waals surface area contributed by atoms with Gasteiger partial charge in [-0.2, -0.15) is 18.3 Å². The Balaban J connectivity index is 1.49. The molecule has 14 nitrogen and oxygen atoms in total. The molecule has 4 amide bonds. The number of para-hydroxylation sites is 1. The molecule has 2 aliphatic rings. The van der Waals surface area contributed by atoms with Gasteiger partial charge in [-0.3, -0.25) is 19.2 Å². The van der Waals surface area contributed by atoms with Gasteiger partial charge in [-0.15, -0.1) is 0 Å². The van der Waals surface area contributed by atoms with E-state index in [0.29, 0.717) is 5.69 Å². The minimum atomic E-state index is -4.58. The van der Waals surface area contributed by atoms with Crippen LogP contribution in [0.25, 0.3) is 5.69 Å². The van der Waals surface area contributed by atoms with Crippen molar-refractivity contribution in [1.82, 2.24) is 29.8 Å². The number of halogens is 3. The van der Waals surface area contributed by atoms with Crippen molar-refractivity contribution >= 4 is 29.8 Å². The monoisotopic (exact) mass is 652 g/mol. The van der Waals surface area contributed by atoms with E-state index in [1.165, 1.54) is 20.5 Å². The first-order valence-corrected chi connectivity index (χ1v) is 14.8. The first-order valence-electron chi connectivity index (χ1n) is 14.8. The third-order valence-electron chi connectivity index (χ3n) is 7.57. The van der Waals surface area contributed by atoms with Crippen LogP contribution in [-0.2, 0) is 19.1 Å². The number of carboxylic acid groups (broad SMARTS) is 1. The fraction of sp³-hybridized carbons (Fsp3) is 0.517. The zero-order valence-corrected chi connectivity index (χ0v) is 25.1. The van der Waals surface area contributed by atoms with Crippen molar-refractivity contribution in [3.63, 3.8) is 0 Å². The third-order valence-corrected chi connectivity index (χ3v) is 7.57. The molecule has 0 radical (unpaired) electrons.